The van der Waals surface area contributed by atoms with Crippen molar-refractivity contribution in [1.82, 2.24) is 14.3 Å². The van der Waals surface area contributed by atoms with Gasteiger partial charge in [0.15, 0.2) is 0 Å². The number of nitrogens with zero attached hydrogens (tertiary/aromatic N) is 4. The number of amides is 1. The summed E-state index contributed by atoms with van der Waals surface area (Å²) in [6.45, 7) is 4.70. The number of hydrogen-bond acceptors (Lipinski definition) is 5. The third kappa shape index (κ3) is 4.62. The van der Waals surface area contributed by atoms with E-state index in [2.05, 4.69) is 40.5 Å². The molecule has 0 bridgehead atoms. The van der Waals surface area contributed by atoms with E-state index in [9.17, 15) is 9.18 Å². The average molecular weight is 411 g/mol. The number of rotatable bonds is 4. The van der Waals surface area contributed by atoms with E-state index in [1.165, 1.54) is 28.7 Å². The van der Waals surface area contributed by atoms with Gasteiger partial charge in [-0.25, -0.2) is 9.37 Å². The van der Waals surface area contributed by atoms with E-state index in [1.54, 1.807) is 23.1 Å². The molecule has 1 fully saturated rings. The Kier molecular flexibility index (Phi) is 5.85. The zero-order valence-corrected chi connectivity index (χ0v) is 17.2. The number of hydrogen-bond donors (Lipinski definition) is 0. The molecule has 0 unspecified atom stereocenters. The minimum atomic E-state index is -0.469. The largest absolute Gasteiger partial charge is 0.345 e. The topological polar surface area (TPSA) is 49.3 Å². The van der Waals surface area contributed by atoms with Crippen molar-refractivity contribution in [2.45, 2.75) is 19.8 Å². The predicted molar refractivity (Wildman–Crippen MR) is 113 cm³/mol. The molecule has 0 atom stereocenters. The van der Waals surface area contributed by atoms with E-state index < -0.39 is 5.82 Å². The van der Waals surface area contributed by atoms with E-state index in [0.717, 1.165) is 23.9 Å². The molecule has 2 heterocycles. The summed E-state index contributed by atoms with van der Waals surface area (Å²) in [5, 5.41) is 0.882. The zero-order chi connectivity index (χ0) is 20.2. The molecule has 1 aromatic heterocycles. The predicted octanol–water partition coefficient (Wildman–Crippen LogP) is 3.93. The summed E-state index contributed by atoms with van der Waals surface area (Å²) in [4.78, 5) is 21.3. The lowest BCUT2D eigenvalue weighted by Crippen LogP contribution is -2.35. The van der Waals surface area contributed by atoms with Gasteiger partial charge in [0.05, 0.1) is 5.56 Å². The van der Waals surface area contributed by atoms with Gasteiger partial charge < -0.3 is 9.80 Å². The molecule has 0 aliphatic carbocycles. The summed E-state index contributed by atoms with van der Waals surface area (Å²) >= 11 is 1.40. The first kappa shape index (κ1) is 19.5. The minimum Gasteiger partial charge on any atom is -0.345 e. The van der Waals surface area contributed by atoms with E-state index in [1.807, 2.05) is 0 Å². The van der Waals surface area contributed by atoms with E-state index in [0.29, 0.717) is 26.1 Å². The van der Waals surface area contributed by atoms with E-state index >= 15 is 0 Å². The number of benzene rings is 2. The first-order valence-electron chi connectivity index (χ1n) is 9.77. The standard InChI is InChI=1S/C22H23FN4OS/c1-16-7-9-17(10-8-16)15-20-24-22(29-25-20)27-12-4-11-26(13-14-27)21(28)18-5-2-3-6-19(18)23/h2-3,5-10H,4,11-15H2,1H3. The minimum absolute atomic E-state index is 0.136. The second-order valence-corrected chi connectivity index (χ2v) is 8.00. The number of aromatic nitrogens is 2. The summed E-state index contributed by atoms with van der Waals surface area (Å²) in [7, 11) is 0. The van der Waals surface area contributed by atoms with Crippen molar-refractivity contribution >= 4 is 22.6 Å². The van der Waals surface area contributed by atoms with Crippen LogP contribution >= 0.6 is 11.5 Å². The lowest BCUT2D eigenvalue weighted by atomic mass is 10.1. The van der Waals surface area contributed by atoms with Crippen LogP contribution in [0.15, 0.2) is 48.5 Å². The molecule has 1 amide bonds. The second kappa shape index (κ2) is 8.69. The fourth-order valence-electron chi connectivity index (χ4n) is 3.45. The Morgan fingerprint density at radius 2 is 1.86 bits per heavy atom. The molecule has 1 aliphatic heterocycles. The fraction of sp³-hybridized carbons (Fsp3) is 0.318. The van der Waals surface area contributed by atoms with Crippen LogP contribution < -0.4 is 4.90 Å². The van der Waals surface area contributed by atoms with Gasteiger partial charge in [-0.3, -0.25) is 4.79 Å². The van der Waals surface area contributed by atoms with Gasteiger partial charge in [0.2, 0.25) is 5.13 Å². The lowest BCUT2D eigenvalue weighted by molar-refractivity contribution is 0.0762. The molecule has 0 N–H and O–H groups in total. The van der Waals surface area contributed by atoms with Crippen LogP contribution in [0.1, 0.15) is 33.7 Å². The molecular formula is C22H23FN4OS. The second-order valence-electron chi connectivity index (χ2n) is 7.27. The Balaban J connectivity index is 1.40. The molecule has 4 rings (SSSR count). The van der Waals surface area contributed by atoms with Gasteiger partial charge in [-0.2, -0.15) is 4.37 Å². The van der Waals surface area contributed by atoms with Crippen LogP contribution in [0.2, 0.25) is 0 Å². The maximum absolute atomic E-state index is 14.0. The number of carbonyl (C=O) groups excluding carboxylic acids is 1. The van der Waals surface area contributed by atoms with Gasteiger partial charge in [0.25, 0.3) is 5.91 Å². The molecule has 2 aromatic carbocycles. The van der Waals surface area contributed by atoms with Crippen LogP contribution in [0, 0.1) is 12.7 Å². The molecule has 5 nitrogen and oxygen atoms in total. The highest BCUT2D eigenvalue weighted by atomic mass is 32.1. The van der Waals surface area contributed by atoms with Gasteiger partial charge in [-0.15, -0.1) is 0 Å². The summed E-state index contributed by atoms with van der Waals surface area (Å²) in [6.07, 6.45) is 1.52. The van der Waals surface area contributed by atoms with Gasteiger partial charge in [-0.05, 0) is 31.0 Å². The van der Waals surface area contributed by atoms with Gasteiger partial charge in [-0.1, -0.05) is 42.0 Å². The number of anilines is 1. The van der Waals surface area contributed by atoms with Crippen LogP contribution in [-0.4, -0.2) is 46.3 Å². The summed E-state index contributed by atoms with van der Waals surface area (Å²) in [6, 6.07) is 14.6. The van der Waals surface area contributed by atoms with Crippen molar-refractivity contribution in [3.63, 3.8) is 0 Å². The average Bonchev–Trinajstić information content (AvgIpc) is 3.04. The molecule has 0 saturated carbocycles. The zero-order valence-electron chi connectivity index (χ0n) is 16.3. The number of carbonyl (C=O) groups is 1. The van der Waals surface area contributed by atoms with Crippen LogP contribution in [-0.2, 0) is 6.42 Å². The lowest BCUT2D eigenvalue weighted by Gasteiger charge is -2.21. The quantitative estimate of drug-likeness (QED) is 0.654. The van der Waals surface area contributed by atoms with Crippen molar-refractivity contribution in [2.24, 2.45) is 0 Å². The van der Waals surface area contributed by atoms with Crippen molar-refractivity contribution in [3.8, 4) is 0 Å². The highest BCUT2D eigenvalue weighted by molar-refractivity contribution is 7.09. The first-order chi connectivity index (χ1) is 14.1. The third-order valence-electron chi connectivity index (χ3n) is 5.10. The Bertz CT molecular complexity index is 988. The molecule has 29 heavy (non-hydrogen) atoms. The SMILES string of the molecule is Cc1ccc(Cc2nsc(N3CCCN(C(=O)c4ccccc4F)CC3)n2)cc1. The van der Waals surface area contributed by atoms with Gasteiger partial charge in [0.1, 0.15) is 11.6 Å². The molecule has 7 heteroatoms. The van der Waals surface area contributed by atoms with Crippen LogP contribution in [0.3, 0.4) is 0 Å². The summed E-state index contributed by atoms with van der Waals surface area (Å²) < 4.78 is 18.5. The van der Waals surface area contributed by atoms with E-state index in [4.69, 9.17) is 4.98 Å². The monoisotopic (exact) mass is 410 g/mol. The van der Waals surface area contributed by atoms with E-state index in [-0.39, 0.29) is 11.5 Å². The highest BCUT2D eigenvalue weighted by Gasteiger charge is 2.23. The molecule has 1 saturated heterocycles. The molecule has 0 radical (unpaired) electrons. The third-order valence-corrected chi connectivity index (χ3v) is 5.91. The maximum atomic E-state index is 14.0. The smallest absolute Gasteiger partial charge is 0.256 e. The van der Waals surface area contributed by atoms with Gasteiger partial charge in [0, 0.05) is 44.1 Å². The van der Waals surface area contributed by atoms with Crippen LogP contribution in [0.4, 0.5) is 9.52 Å². The molecule has 150 valence electrons. The Labute approximate surface area is 174 Å². The van der Waals surface area contributed by atoms with Crippen LogP contribution in [0.5, 0.6) is 0 Å². The Morgan fingerprint density at radius 1 is 1.07 bits per heavy atom. The maximum Gasteiger partial charge on any atom is 0.256 e. The Hall–Kier alpha value is -2.80. The van der Waals surface area contributed by atoms with Crippen molar-refractivity contribution in [1.29, 1.82) is 0 Å². The normalized spacial score (nSPS) is 14.7. The number of aryl methyl sites for hydroxylation is 1. The summed E-state index contributed by atoms with van der Waals surface area (Å²) in [5.74, 6) is 0.100. The van der Waals surface area contributed by atoms with Crippen molar-refractivity contribution in [2.75, 3.05) is 31.1 Å². The van der Waals surface area contributed by atoms with Crippen molar-refractivity contribution in [3.05, 3.63) is 76.9 Å². The fourth-order valence-corrected chi connectivity index (χ4v) is 4.19. The Morgan fingerprint density at radius 3 is 2.66 bits per heavy atom. The summed E-state index contributed by atoms with van der Waals surface area (Å²) in [5.41, 5.74) is 2.56. The highest BCUT2D eigenvalue weighted by Crippen LogP contribution is 2.21. The molecule has 1 aliphatic rings. The first-order valence-corrected chi connectivity index (χ1v) is 10.5. The molecule has 0 spiro atoms. The van der Waals surface area contributed by atoms with Crippen LogP contribution in [0.25, 0.3) is 0 Å². The molecular weight excluding hydrogens is 387 g/mol. The van der Waals surface area contributed by atoms with Crippen molar-refractivity contribution < 1.29 is 9.18 Å². The molecule has 3 aromatic rings. The number of halogens is 1. The van der Waals surface area contributed by atoms with Gasteiger partial charge >= 0.3 is 0 Å².